The number of benzene rings is 11. The van der Waals surface area contributed by atoms with Gasteiger partial charge in [0.1, 0.15) is 11.2 Å². The first kappa shape index (κ1) is 40.1. The van der Waals surface area contributed by atoms with Gasteiger partial charge in [-0.2, -0.15) is 0 Å². The van der Waals surface area contributed by atoms with Gasteiger partial charge >= 0.3 is 0 Å². The van der Waals surface area contributed by atoms with Crippen molar-refractivity contribution < 1.29 is 4.42 Å². The number of furan rings is 1. The quantitative estimate of drug-likeness (QED) is 0.160. The van der Waals surface area contributed by atoms with Crippen LogP contribution in [0.1, 0.15) is 0 Å². The average Bonchev–Trinajstić information content (AvgIpc) is 4.00. The number of hydrogen-bond donors (Lipinski definition) is 0. The molecule has 0 atom stereocenters. The van der Waals surface area contributed by atoms with Crippen LogP contribution in [-0.2, 0) is 0 Å². The Hall–Kier alpha value is -9.03. The van der Waals surface area contributed by atoms with Crippen LogP contribution in [0.5, 0.6) is 0 Å². The van der Waals surface area contributed by atoms with E-state index in [-0.39, 0.29) is 0 Å². The van der Waals surface area contributed by atoms with Crippen LogP contribution in [0.4, 0.5) is 0 Å². The molecule has 0 fully saturated rings. The number of aromatic nitrogens is 3. The van der Waals surface area contributed by atoms with Gasteiger partial charge in [-0.3, -0.25) is 0 Å². The molecule has 0 saturated heterocycles. The second-order valence-corrected chi connectivity index (χ2v) is 19.0. The van der Waals surface area contributed by atoms with Crippen molar-refractivity contribution in [2.45, 2.75) is 0 Å². The van der Waals surface area contributed by atoms with Crippen LogP contribution in [0.15, 0.2) is 241 Å². The van der Waals surface area contributed by atoms with Crippen molar-refractivity contribution >= 4 is 75.0 Å². The molecule has 3 aromatic heterocycles. The van der Waals surface area contributed by atoms with Gasteiger partial charge in [0.15, 0.2) is 17.5 Å². The lowest BCUT2D eigenvalue weighted by Gasteiger charge is -2.15. The molecular weight excluding hydrogens is 871 g/mol. The van der Waals surface area contributed by atoms with E-state index in [1.165, 1.54) is 36.7 Å². The molecule has 11 aromatic carbocycles. The SMILES string of the molecule is c1ccc(-c2ccc(-c3nc(-c4ccc5c(c4)sc4ccccc45)nc(-c4ccc(-c5ccc(-c6ccc(-c7ccccc7)cc6)c6oc7cc8ccccc8cc7c56)c5ccccc45)n3)cc2)cc1. The molecule has 0 N–H and O–H groups in total. The maximum Gasteiger partial charge on any atom is 0.164 e. The number of thiophene rings is 1. The molecule has 4 nitrogen and oxygen atoms in total. The summed E-state index contributed by atoms with van der Waals surface area (Å²) in [6, 6.07) is 84.0. The van der Waals surface area contributed by atoms with Gasteiger partial charge in [-0.05, 0) is 96.9 Å². The monoisotopic (exact) mass is 909 g/mol. The van der Waals surface area contributed by atoms with Crippen LogP contribution >= 0.6 is 11.3 Å². The third-order valence-electron chi connectivity index (χ3n) is 13.8. The smallest absolute Gasteiger partial charge is 0.164 e. The maximum absolute atomic E-state index is 6.99. The van der Waals surface area contributed by atoms with Crippen LogP contribution in [0.3, 0.4) is 0 Å². The number of fused-ring (bicyclic) bond motifs is 8. The second-order valence-electron chi connectivity index (χ2n) is 17.9. The van der Waals surface area contributed by atoms with E-state index in [1.807, 2.05) is 6.07 Å². The highest BCUT2D eigenvalue weighted by molar-refractivity contribution is 7.25. The summed E-state index contributed by atoms with van der Waals surface area (Å²) in [6.07, 6.45) is 0. The number of hydrogen-bond acceptors (Lipinski definition) is 5. The van der Waals surface area contributed by atoms with Gasteiger partial charge in [-0.25, -0.2) is 15.0 Å². The molecule has 3 heterocycles. The Kier molecular flexibility index (Phi) is 9.36. The largest absolute Gasteiger partial charge is 0.455 e. The van der Waals surface area contributed by atoms with Crippen LogP contribution in [0, 0.1) is 0 Å². The third kappa shape index (κ3) is 6.78. The van der Waals surface area contributed by atoms with Crippen molar-refractivity contribution in [1.82, 2.24) is 15.0 Å². The summed E-state index contributed by atoms with van der Waals surface area (Å²) < 4.78 is 9.45. The standard InChI is InChI=1S/C65H39N3OS/c1-3-13-40(14-4-1)42-23-27-44(28-24-42)49-33-35-55(61-57-37-46-17-7-8-18-47(46)38-58(57)69-62(49)61)52-34-36-56(51-20-10-9-19-50(51)52)65-67-63(45-29-25-43(26-30-45)41-15-5-2-6-16-41)66-64(68-65)48-31-32-54-53-21-11-12-22-59(53)70-60(54)39-48/h1-39H. The minimum atomic E-state index is 0.617. The highest BCUT2D eigenvalue weighted by atomic mass is 32.1. The molecule has 0 bridgehead atoms. The summed E-state index contributed by atoms with van der Waals surface area (Å²) in [5.74, 6) is 1.87. The molecule has 14 rings (SSSR count). The number of nitrogens with zero attached hydrogens (tertiary/aromatic N) is 3. The van der Waals surface area contributed by atoms with Crippen molar-refractivity contribution in [3.63, 3.8) is 0 Å². The minimum Gasteiger partial charge on any atom is -0.455 e. The van der Waals surface area contributed by atoms with E-state index in [9.17, 15) is 0 Å². The Labute approximate surface area is 407 Å². The lowest BCUT2D eigenvalue weighted by atomic mass is 9.90. The highest BCUT2D eigenvalue weighted by Gasteiger charge is 2.22. The van der Waals surface area contributed by atoms with Gasteiger partial charge in [-0.15, -0.1) is 11.3 Å². The number of rotatable bonds is 7. The Balaban J connectivity index is 0.948. The fourth-order valence-corrected chi connectivity index (χ4v) is 11.4. The normalized spacial score (nSPS) is 11.7. The second kappa shape index (κ2) is 16.3. The van der Waals surface area contributed by atoms with Crippen molar-refractivity contribution in [2.75, 3.05) is 0 Å². The van der Waals surface area contributed by atoms with E-state index >= 15 is 0 Å². The van der Waals surface area contributed by atoms with Gasteiger partial charge < -0.3 is 4.42 Å². The third-order valence-corrected chi connectivity index (χ3v) is 14.9. The molecule has 70 heavy (non-hydrogen) atoms. The van der Waals surface area contributed by atoms with E-state index in [0.29, 0.717) is 17.5 Å². The summed E-state index contributed by atoms with van der Waals surface area (Å²) in [5.41, 5.74) is 13.5. The van der Waals surface area contributed by atoms with Crippen molar-refractivity contribution in [3.05, 3.63) is 237 Å². The summed E-state index contributed by atoms with van der Waals surface area (Å²) in [6.45, 7) is 0. The topological polar surface area (TPSA) is 51.8 Å². The van der Waals surface area contributed by atoms with Gasteiger partial charge in [0.05, 0.1) is 0 Å². The first-order valence-corrected chi connectivity index (χ1v) is 24.4. The fourth-order valence-electron chi connectivity index (χ4n) is 10.3. The van der Waals surface area contributed by atoms with Gasteiger partial charge in [-0.1, -0.05) is 200 Å². The Morgan fingerprint density at radius 3 is 1.49 bits per heavy atom. The van der Waals surface area contributed by atoms with Crippen molar-refractivity contribution in [2.24, 2.45) is 0 Å². The molecule has 0 spiro atoms. The zero-order valence-electron chi connectivity index (χ0n) is 37.7. The molecule has 0 saturated carbocycles. The maximum atomic E-state index is 6.99. The van der Waals surface area contributed by atoms with E-state index in [4.69, 9.17) is 19.4 Å². The lowest BCUT2D eigenvalue weighted by molar-refractivity contribution is 0.670. The zero-order valence-corrected chi connectivity index (χ0v) is 38.5. The molecular formula is C65H39N3OS. The van der Waals surface area contributed by atoms with E-state index in [1.54, 1.807) is 11.3 Å². The van der Waals surface area contributed by atoms with Crippen LogP contribution in [-0.4, -0.2) is 15.0 Å². The Bertz CT molecular complexity index is 4330. The van der Waals surface area contributed by atoms with E-state index in [0.717, 1.165) is 88.2 Å². The van der Waals surface area contributed by atoms with Gasteiger partial charge in [0.2, 0.25) is 0 Å². The highest BCUT2D eigenvalue weighted by Crippen LogP contribution is 2.46. The van der Waals surface area contributed by atoms with E-state index in [2.05, 4.69) is 231 Å². The zero-order chi connectivity index (χ0) is 46.1. The van der Waals surface area contributed by atoms with Crippen LogP contribution in [0.25, 0.3) is 142 Å². The first-order valence-electron chi connectivity index (χ1n) is 23.6. The molecule has 14 aromatic rings. The predicted octanol–water partition coefficient (Wildman–Crippen LogP) is 18.1. The Morgan fingerprint density at radius 2 is 0.771 bits per heavy atom. The summed E-state index contributed by atoms with van der Waals surface area (Å²) in [4.78, 5) is 15.8. The molecule has 5 heteroatoms. The molecule has 0 amide bonds. The van der Waals surface area contributed by atoms with E-state index < -0.39 is 0 Å². The molecule has 0 aliphatic rings. The summed E-state index contributed by atoms with van der Waals surface area (Å²) in [7, 11) is 0. The first-order chi connectivity index (χ1) is 34.7. The molecule has 326 valence electrons. The minimum absolute atomic E-state index is 0.617. The Morgan fingerprint density at radius 1 is 0.286 bits per heavy atom. The van der Waals surface area contributed by atoms with Crippen molar-refractivity contribution in [3.8, 4) is 78.7 Å². The summed E-state index contributed by atoms with van der Waals surface area (Å²) >= 11 is 1.80. The van der Waals surface area contributed by atoms with Gasteiger partial charge in [0.25, 0.3) is 0 Å². The van der Waals surface area contributed by atoms with Crippen LogP contribution < -0.4 is 0 Å². The van der Waals surface area contributed by atoms with Gasteiger partial charge in [0, 0.05) is 53.2 Å². The fraction of sp³-hybridized carbons (Fsp3) is 0. The average molecular weight is 910 g/mol. The molecule has 0 unspecified atom stereocenters. The lowest BCUT2D eigenvalue weighted by Crippen LogP contribution is -2.01. The van der Waals surface area contributed by atoms with Crippen molar-refractivity contribution in [1.29, 1.82) is 0 Å². The predicted molar refractivity (Wildman–Crippen MR) is 293 cm³/mol. The van der Waals surface area contributed by atoms with Crippen LogP contribution in [0.2, 0.25) is 0 Å². The summed E-state index contributed by atoms with van der Waals surface area (Å²) in [5, 5.41) is 9.13. The molecule has 0 radical (unpaired) electrons. The molecule has 0 aliphatic carbocycles. The molecule has 0 aliphatic heterocycles.